The van der Waals surface area contributed by atoms with Gasteiger partial charge in [-0.15, -0.1) is 12.4 Å². The minimum Gasteiger partial charge on any atom is -0.457 e. The molecule has 9 nitrogen and oxygen atoms in total. The van der Waals surface area contributed by atoms with E-state index in [2.05, 4.69) is 10.6 Å². The Kier molecular flexibility index (Phi) is 10.8. The first-order valence-corrected chi connectivity index (χ1v) is 13.3. The molecule has 1 atom stereocenters. The number of amides is 2. The second kappa shape index (κ2) is 13.8. The van der Waals surface area contributed by atoms with E-state index in [1.165, 1.54) is 5.56 Å². The van der Waals surface area contributed by atoms with Crippen LogP contribution in [-0.2, 0) is 14.3 Å². The van der Waals surface area contributed by atoms with E-state index in [-0.39, 0.29) is 60.6 Å². The van der Waals surface area contributed by atoms with E-state index < -0.39 is 0 Å². The molecular formula is C27H40ClN5O4. The molecule has 204 valence electrons. The van der Waals surface area contributed by atoms with E-state index in [4.69, 9.17) is 15.9 Å². The molecule has 0 spiro atoms. The molecule has 0 bridgehead atoms. The van der Waals surface area contributed by atoms with Crippen LogP contribution in [0.4, 0.5) is 4.79 Å². The van der Waals surface area contributed by atoms with Gasteiger partial charge < -0.3 is 26.0 Å². The predicted octanol–water partition coefficient (Wildman–Crippen LogP) is 3.09. The molecule has 2 saturated heterocycles. The van der Waals surface area contributed by atoms with Gasteiger partial charge in [0.1, 0.15) is 5.84 Å². The number of likely N-dealkylation sites (tertiary alicyclic amines) is 1. The van der Waals surface area contributed by atoms with Crippen LogP contribution in [0.25, 0.3) is 0 Å². The molecule has 5 N–H and O–H groups in total. The van der Waals surface area contributed by atoms with Crippen molar-refractivity contribution in [3.8, 4) is 0 Å². The maximum absolute atomic E-state index is 12.8. The quantitative estimate of drug-likeness (QED) is 0.241. The molecule has 3 aliphatic rings. The number of carbonyl (C=O) groups excluding carboxylic acids is 3. The average molecular weight is 534 g/mol. The van der Waals surface area contributed by atoms with Crippen molar-refractivity contribution < 1.29 is 19.1 Å². The number of Topliss-reactive ketones (excluding diaryl/α,β-unsaturated/α-hetero) is 1. The lowest BCUT2D eigenvalue weighted by Gasteiger charge is -2.35. The molecule has 0 aromatic heterocycles. The zero-order valence-corrected chi connectivity index (χ0v) is 22.2. The largest absolute Gasteiger partial charge is 0.457 e. The third-order valence-electron chi connectivity index (χ3n) is 7.92. The van der Waals surface area contributed by atoms with Gasteiger partial charge in [-0.1, -0.05) is 30.7 Å². The molecule has 10 heteroatoms. The highest BCUT2D eigenvalue weighted by Gasteiger charge is 2.31. The fourth-order valence-electron chi connectivity index (χ4n) is 5.58. The minimum atomic E-state index is -0.289. The number of ether oxygens (including phenoxy) is 1. The zero-order valence-electron chi connectivity index (χ0n) is 21.4. The van der Waals surface area contributed by atoms with E-state index in [1.807, 2.05) is 29.2 Å². The number of hydrogen-bond acceptors (Lipinski definition) is 6. The second-order valence-electron chi connectivity index (χ2n) is 10.4. The van der Waals surface area contributed by atoms with Crippen molar-refractivity contribution >= 4 is 36.0 Å². The Hall–Kier alpha value is -2.65. The van der Waals surface area contributed by atoms with Gasteiger partial charge in [0.2, 0.25) is 0 Å². The molecule has 1 aliphatic carbocycles. The summed E-state index contributed by atoms with van der Waals surface area (Å²) in [5, 5.41) is 13.9. The molecule has 2 aliphatic heterocycles. The number of halogens is 1. The standard InChI is InChI=1S/C27H39N5O4.ClH/c28-25(29)20-6-4-18(5-7-20)19-12-15-32(16-13-19)27(35)31-22-10-8-21(9-11-22)26(34)36-17-24(33)23-3-1-2-14-30-23;/h4-7,19,21-23,30H,1-3,8-17H2,(H3,28,29)(H,31,35);1H. The third-order valence-corrected chi connectivity index (χ3v) is 7.92. The summed E-state index contributed by atoms with van der Waals surface area (Å²) in [6.45, 7) is 2.10. The lowest BCUT2D eigenvalue weighted by Crippen LogP contribution is -2.48. The third kappa shape index (κ3) is 7.92. The topological polar surface area (TPSA) is 138 Å². The number of nitrogens with zero attached hydrogens (tertiary/aromatic N) is 1. The van der Waals surface area contributed by atoms with Gasteiger partial charge in [0.15, 0.2) is 12.4 Å². The highest BCUT2D eigenvalue weighted by atomic mass is 35.5. The molecule has 1 unspecified atom stereocenters. The van der Waals surface area contributed by atoms with Gasteiger partial charge in [-0.25, -0.2) is 4.79 Å². The lowest BCUT2D eigenvalue weighted by molar-refractivity contribution is -0.153. The molecule has 1 aromatic carbocycles. The summed E-state index contributed by atoms with van der Waals surface area (Å²) in [6, 6.07) is 7.68. The van der Waals surface area contributed by atoms with Crippen molar-refractivity contribution in [2.24, 2.45) is 11.7 Å². The van der Waals surface area contributed by atoms with Gasteiger partial charge in [-0.3, -0.25) is 15.0 Å². The van der Waals surface area contributed by atoms with E-state index in [0.717, 1.165) is 57.1 Å². The summed E-state index contributed by atoms with van der Waals surface area (Å²) in [7, 11) is 0. The Labute approximate surface area is 225 Å². The van der Waals surface area contributed by atoms with Gasteiger partial charge in [0, 0.05) is 24.7 Å². The molecule has 3 fully saturated rings. The fourth-order valence-corrected chi connectivity index (χ4v) is 5.58. The zero-order chi connectivity index (χ0) is 25.5. The van der Waals surface area contributed by atoms with Crippen LogP contribution in [0.1, 0.15) is 74.8 Å². The average Bonchev–Trinajstić information content (AvgIpc) is 2.92. The van der Waals surface area contributed by atoms with E-state index in [9.17, 15) is 14.4 Å². The number of amidine groups is 1. The number of nitrogens with two attached hydrogens (primary N) is 1. The first-order chi connectivity index (χ1) is 17.4. The Morgan fingerprint density at radius 1 is 1.00 bits per heavy atom. The predicted molar refractivity (Wildman–Crippen MR) is 144 cm³/mol. The summed E-state index contributed by atoms with van der Waals surface area (Å²) < 4.78 is 5.33. The Bertz CT molecular complexity index is 935. The summed E-state index contributed by atoms with van der Waals surface area (Å²) >= 11 is 0. The molecule has 1 saturated carbocycles. The normalized spacial score (nSPS) is 24.4. The van der Waals surface area contributed by atoms with Gasteiger partial charge in [0.05, 0.1) is 12.0 Å². The number of nitrogens with one attached hydrogen (secondary N) is 3. The van der Waals surface area contributed by atoms with Crippen molar-refractivity contribution in [3.05, 3.63) is 35.4 Å². The van der Waals surface area contributed by atoms with Gasteiger partial charge in [-0.2, -0.15) is 0 Å². The molecule has 4 rings (SSSR count). The maximum Gasteiger partial charge on any atom is 0.317 e. The number of benzene rings is 1. The monoisotopic (exact) mass is 533 g/mol. The van der Waals surface area contributed by atoms with Crippen molar-refractivity contribution in [3.63, 3.8) is 0 Å². The summed E-state index contributed by atoms with van der Waals surface area (Å²) in [4.78, 5) is 39.4. The molecule has 1 aromatic rings. The Balaban J connectivity index is 0.00000380. The number of hydrogen-bond donors (Lipinski definition) is 4. The first kappa shape index (κ1) is 28.9. The van der Waals surface area contributed by atoms with Crippen molar-refractivity contribution in [2.45, 2.75) is 75.8 Å². The first-order valence-electron chi connectivity index (χ1n) is 13.3. The van der Waals surface area contributed by atoms with Gasteiger partial charge in [-0.05, 0) is 69.4 Å². The summed E-state index contributed by atoms with van der Waals surface area (Å²) in [5.74, 6) is -0.0582. The van der Waals surface area contributed by atoms with Crippen LogP contribution in [-0.4, -0.2) is 66.8 Å². The van der Waals surface area contributed by atoms with Crippen molar-refractivity contribution in [1.82, 2.24) is 15.5 Å². The van der Waals surface area contributed by atoms with Crippen LogP contribution < -0.4 is 16.4 Å². The van der Waals surface area contributed by atoms with E-state index >= 15 is 0 Å². The number of ketones is 1. The van der Waals surface area contributed by atoms with Crippen LogP contribution in [0.2, 0.25) is 0 Å². The van der Waals surface area contributed by atoms with E-state index in [1.54, 1.807) is 0 Å². The second-order valence-corrected chi connectivity index (χ2v) is 10.4. The summed E-state index contributed by atoms with van der Waals surface area (Å²) in [6.07, 6.45) is 7.54. The number of carbonyl (C=O) groups is 3. The minimum absolute atomic E-state index is 0. The Morgan fingerprint density at radius 3 is 2.27 bits per heavy atom. The summed E-state index contributed by atoms with van der Waals surface area (Å²) in [5.41, 5.74) is 7.49. The van der Waals surface area contributed by atoms with Gasteiger partial charge >= 0.3 is 12.0 Å². The fraction of sp³-hybridized carbons (Fsp3) is 0.630. The van der Waals surface area contributed by atoms with Gasteiger partial charge in [0.25, 0.3) is 0 Å². The number of nitrogen functional groups attached to an aromatic ring is 1. The SMILES string of the molecule is Cl.N=C(N)c1ccc(C2CCN(C(=O)NC3CCC(C(=O)OCC(=O)C4CCCCN4)CC3)CC2)cc1. The van der Waals surface area contributed by atoms with E-state index in [0.29, 0.717) is 31.8 Å². The highest BCUT2D eigenvalue weighted by Crippen LogP contribution is 2.29. The maximum atomic E-state index is 12.8. The van der Waals surface area contributed by atoms with Crippen LogP contribution in [0.15, 0.2) is 24.3 Å². The molecule has 0 radical (unpaired) electrons. The molecular weight excluding hydrogens is 494 g/mol. The van der Waals surface area contributed by atoms with Crippen LogP contribution in [0.3, 0.4) is 0 Å². The molecule has 2 amide bonds. The van der Waals surface area contributed by atoms with Crippen LogP contribution >= 0.6 is 12.4 Å². The van der Waals surface area contributed by atoms with Crippen molar-refractivity contribution in [1.29, 1.82) is 5.41 Å². The number of piperidine rings is 2. The lowest BCUT2D eigenvalue weighted by atomic mass is 9.86. The number of rotatable bonds is 7. The number of esters is 1. The molecule has 2 heterocycles. The number of urea groups is 1. The van der Waals surface area contributed by atoms with Crippen molar-refractivity contribution in [2.75, 3.05) is 26.2 Å². The Morgan fingerprint density at radius 2 is 1.68 bits per heavy atom. The van der Waals surface area contributed by atoms with Crippen LogP contribution in [0, 0.1) is 11.3 Å². The molecule has 37 heavy (non-hydrogen) atoms. The van der Waals surface area contributed by atoms with Crippen LogP contribution in [0.5, 0.6) is 0 Å². The smallest absolute Gasteiger partial charge is 0.317 e. The highest BCUT2D eigenvalue weighted by molar-refractivity contribution is 5.94.